The number of hydrogen-bond donors (Lipinski definition) is 1. The van der Waals surface area contributed by atoms with Crippen molar-refractivity contribution in [1.82, 2.24) is 0 Å². The first-order valence-electron chi connectivity index (χ1n) is 4.10. The fourth-order valence-electron chi connectivity index (χ4n) is 0.620. The molecule has 0 rings (SSSR count). The summed E-state index contributed by atoms with van der Waals surface area (Å²) in [7, 11) is -1.23. The zero-order valence-electron chi connectivity index (χ0n) is 8.02. The minimum Gasteiger partial charge on any atom is -0.380 e. The third-order valence-electron chi connectivity index (χ3n) is 1.20. The van der Waals surface area contributed by atoms with E-state index in [4.69, 9.17) is 11.5 Å². The molecule has 0 saturated heterocycles. The molecular formula is C10H16OSi. The van der Waals surface area contributed by atoms with Crippen LogP contribution in [-0.4, -0.2) is 19.3 Å². The molecule has 0 saturated carbocycles. The van der Waals surface area contributed by atoms with Gasteiger partial charge in [-0.25, -0.2) is 0 Å². The Bertz CT molecular complexity index is 221. The van der Waals surface area contributed by atoms with E-state index in [9.17, 15) is 0 Å². The maximum atomic E-state index is 8.99. The summed E-state index contributed by atoms with van der Waals surface area (Å²) in [6.45, 7) is 6.58. The number of aliphatic hydroxyl groups excluding tert-OH is 1. The highest BCUT2D eigenvalue weighted by Gasteiger charge is 2.07. The average molecular weight is 180 g/mol. The average Bonchev–Trinajstić information content (AvgIpc) is 1.96. The van der Waals surface area contributed by atoms with Crippen molar-refractivity contribution in [3.8, 4) is 23.8 Å². The molecule has 0 heterocycles. The number of rotatable bonds is 2. The van der Waals surface area contributed by atoms with Gasteiger partial charge in [-0.05, 0) is 6.42 Å². The summed E-state index contributed by atoms with van der Waals surface area (Å²) in [6, 6.07) is 0. The maximum absolute atomic E-state index is 8.99. The van der Waals surface area contributed by atoms with Crippen LogP contribution in [0.4, 0.5) is 0 Å². The molecule has 0 aromatic heterocycles. The summed E-state index contributed by atoms with van der Waals surface area (Å²) in [4.78, 5) is 0. The minimum absolute atomic E-state index is 0.591. The molecule has 0 aromatic rings. The highest BCUT2D eigenvalue weighted by atomic mass is 28.3. The van der Waals surface area contributed by atoms with Crippen molar-refractivity contribution in [2.24, 2.45) is 0 Å². The van der Waals surface area contributed by atoms with Crippen LogP contribution in [0.2, 0.25) is 19.6 Å². The van der Waals surface area contributed by atoms with Gasteiger partial charge in [-0.15, -0.1) is 17.9 Å². The van der Waals surface area contributed by atoms with Crippen LogP contribution in [0, 0.1) is 23.8 Å². The second-order valence-corrected chi connectivity index (χ2v) is 8.52. The van der Waals surface area contributed by atoms with E-state index in [1.54, 1.807) is 0 Å². The summed E-state index contributed by atoms with van der Waals surface area (Å²) in [5.41, 5.74) is 3.21. The van der Waals surface area contributed by atoms with Crippen LogP contribution in [0.5, 0.6) is 0 Å². The van der Waals surface area contributed by atoms with Gasteiger partial charge in [-0.2, -0.15) is 0 Å². The van der Waals surface area contributed by atoms with Crippen LogP contribution in [0.15, 0.2) is 0 Å². The predicted octanol–water partition coefficient (Wildman–Crippen LogP) is 1.64. The van der Waals surface area contributed by atoms with Crippen LogP contribution in [0.25, 0.3) is 0 Å². The molecule has 0 aliphatic heterocycles. The van der Waals surface area contributed by atoms with Crippen molar-refractivity contribution in [2.75, 3.05) is 0 Å². The van der Waals surface area contributed by atoms with Gasteiger partial charge >= 0.3 is 0 Å². The second-order valence-electron chi connectivity index (χ2n) is 3.77. The topological polar surface area (TPSA) is 20.2 Å². The zero-order chi connectivity index (χ0) is 9.61. The van der Waals surface area contributed by atoms with Crippen LogP contribution >= 0.6 is 0 Å². The molecule has 0 spiro atoms. The predicted molar refractivity (Wildman–Crippen MR) is 55.2 cm³/mol. The van der Waals surface area contributed by atoms with Crippen molar-refractivity contribution in [3.05, 3.63) is 0 Å². The molecule has 0 radical (unpaired) electrons. The summed E-state index contributed by atoms with van der Waals surface area (Å²) in [6.07, 6.45) is 5.67. The fourth-order valence-corrected chi connectivity index (χ4v) is 1.28. The van der Waals surface area contributed by atoms with Crippen LogP contribution in [0.1, 0.15) is 12.8 Å². The molecule has 1 nitrogen and oxygen atoms in total. The molecule has 0 amide bonds. The zero-order valence-corrected chi connectivity index (χ0v) is 9.02. The largest absolute Gasteiger partial charge is 0.380 e. The van der Waals surface area contributed by atoms with Gasteiger partial charge in [-0.1, -0.05) is 25.6 Å². The third-order valence-corrected chi connectivity index (χ3v) is 2.13. The van der Waals surface area contributed by atoms with Crippen LogP contribution in [0.3, 0.4) is 0 Å². The first kappa shape index (κ1) is 11.3. The van der Waals surface area contributed by atoms with Gasteiger partial charge < -0.3 is 5.11 Å². The molecule has 2 heteroatoms. The summed E-state index contributed by atoms with van der Waals surface area (Å²) >= 11 is 0. The Hall–Kier alpha value is -0.703. The van der Waals surface area contributed by atoms with Gasteiger partial charge in [0.15, 0.2) is 0 Å². The Morgan fingerprint density at radius 1 is 1.42 bits per heavy atom. The lowest BCUT2D eigenvalue weighted by Gasteiger charge is -2.03. The summed E-state index contributed by atoms with van der Waals surface area (Å²) < 4.78 is 0. The van der Waals surface area contributed by atoms with Gasteiger partial charge in [0, 0.05) is 6.42 Å². The van der Waals surface area contributed by atoms with Gasteiger partial charge in [0.2, 0.25) is 0 Å². The normalized spacial score (nSPS) is 12.6. The lowest BCUT2D eigenvalue weighted by atomic mass is 10.2. The Morgan fingerprint density at radius 2 is 2.00 bits per heavy atom. The molecule has 0 bridgehead atoms. The molecule has 0 aliphatic carbocycles. The van der Waals surface area contributed by atoms with E-state index in [1.807, 2.05) is 0 Å². The van der Waals surface area contributed by atoms with Crippen LogP contribution in [-0.2, 0) is 0 Å². The monoisotopic (exact) mass is 180 g/mol. The van der Waals surface area contributed by atoms with E-state index in [-0.39, 0.29) is 0 Å². The van der Waals surface area contributed by atoms with Gasteiger partial charge in [0.1, 0.15) is 14.2 Å². The molecule has 1 unspecified atom stereocenters. The molecule has 0 aliphatic rings. The van der Waals surface area contributed by atoms with Crippen molar-refractivity contribution < 1.29 is 5.11 Å². The number of terminal acetylenes is 1. The number of aliphatic hydroxyl groups is 1. The Balaban J connectivity index is 3.69. The smallest absolute Gasteiger partial charge is 0.129 e. The molecule has 0 aromatic carbocycles. The van der Waals surface area contributed by atoms with Crippen molar-refractivity contribution in [2.45, 2.75) is 38.6 Å². The van der Waals surface area contributed by atoms with Gasteiger partial charge in [-0.3, -0.25) is 0 Å². The highest BCUT2D eigenvalue weighted by Crippen LogP contribution is 1.98. The van der Waals surface area contributed by atoms with Crippen molar-refractivity contribution in [3.63, 3.8) is 0 Å². The van der Waals surface area contributed by atoms with E-state index in [1.165, 1.54) is 0 Å². The first-order valence-corrected chi connectivity index (χ1v) is 7.60. The molecule has 1 atom stereocenters. The summed E-state index contributed by atoms with van der Waals surface area (Å²) in [5, 5.41) is 8.99. The Morgan fingerprint density at radius 3 is 2.42 bits per heavy atom. The van der Waals surface area contributed by atoms with Crippen LogP contribution < -0.4 is 0 Å². The highest BCUT2D eigenvalue weighted by molar-refractivity contribution is 6.83. The maximum Gasteiger partial charge on any atom is 0.129 e. The van der Waals surface area contributed by atoms with Crippen molar-refractivity contribution in [1.29, 1.82) is 0 Å². The standard InChI is InChI=1S/C10H16OSi/c1-5-10(11)8-6-7-9-12(2,3)4/h1,10-11H,6,8H2,2-4H3. The number of hydrogen-bond acceptors (Lipinski definition) is 1. The van der Waals surface area contributed by atoms with E-state index in [0.29, 0.717) is 12.8 Å². The molecule has 1 N–H and O–H groups in total. The van der Waals surface area contributed by atoms with Gasteiger partial charge in [0.05, 0.1) is 0 Å². The van der Waals surface area contributed by atoms with E-state index in [2.05, 4.69) is 37.0 Å². The summed E-state index contributed by atoms with van der Waals surface area (Å²) in [5.74, 6) is 5.31. The quantitative estimate of drug-likeness (QED) is 0.506. The molecular weight excluding hydrogens is 164 g/mol. The van der Waals surface area contributed by atoms with Gasteiger partial charge in [0.25, 0.3) is 0 Å². The van der Waals surface area contributed by atoms with Crippen molar-refractivity contribution >= 4 is 8.07 Å². The first-order chi connectivity index (χ1) is 5.45. The second kappa shape index (κ2) is 5.03. The third kappa shape index (κ3) is 7.40. The lowest BCUT2D eigenvalue weighted by molar-refractivity contribution is 0.224. The van der Waals surface area contributed by atoms with E-state index < -0.39 is 14.2 Å². The van der Waals surface area contributed by atoms with E-state index in [0.717, 1.165) is 0 Å². The SMILES string of the molecule is C#CC(O)CCC#C[Si](C)(C)C. The Labute approximate surface area is 76.2 Å². The molecule has 0 fully saturated rings. The molecule has 66 valence electrons. The molecule has 12 heavy (non-hydrogen) atoms. The fraction of sp³-hybridized carbons (Fsp3) is 0.600. The minimum atomic E-state index is -1.23. The lowest BCUT2D eigenvalue weighted by Crippen LogP contribution is -2.16. The van der Waals surface area contributed by atoms with E-state index >= 15 is 0 Å². The Kier molecular flexibility index (Phi) is 4.74.